The van der Waals surface area contributed by atoms with Gasteiger partial charge < -0.3 is 4.74 Å². The summed E-state index contributed by atoms with van der Waals surface area (Å²) < 4.78 is 19.5. The lowest BCUT2D eigenvalue weighted by Gasteiger charge is -2.06. The van der Waals surface area contributed by atoms with Crippen molar-refractivity contribution in [3.05, 3.63) is 78.1 Å². The molecule has 0 fully saturated rings. The predicted octanol–water partition coefficient (Wildman–Crippen LogP) is 5.14. The Balaban J connectivity index is 1.28. The molecular formula is C21H16FN3O2S2. The molecule has 3 aromatic carbocycles. The van der Waals surface area contributed by atoms with Gasteiger partial charge in [-0.3, -0.25) is 10.1 Å². The van der Waals surface area contributed by atoms with Gasteiger partial charge in [-0.2, -0.15) is 0 Å². The average molecular weight is 426 g/mol. The number of aromatic nitrogens is 2. The first-order valence-electron chi connectivity index (χ1n) is 8.78. The molecule has 0 radical (unpaired) electrons. The van der Waals surface area contributed by atoms with Gasteiger partial charge in [-0.15, -0.1) is 10.2 Å². The van der Waals surface area contributed by atoms with Crippen LogP contribution in [0.3, 0.4) is 0 Å². The largest absolute Gasteiger partial charge is 0.484 e. The zero-order valence-corrected chi connectivity index (χ0v) is 16.8. The molecule has 1 N–H and O–H groups in total. The van der Waals surface area contributed by atoms with Crippen LogP contribution < -0.4 is 10.1 Å². The van der Waals surface area contributed by atoms with E-state index in [1.807, 2.05) is 48.5 Å². The van der Waals surface area contributed by atoms with Crippen LogP contribution in [0.15, 0.2) is 71.1 Å². The van der Waals surface area contributed by atoms with Crippen LogP contribution >= 0.6 is 23.1 Å². The maximum absolute atomic E-state index is 13.2. The Morgan fingerprint density at radius 1 is 1.03 bits per heavy atom. The lowest BCUT2D eigenvalue weighted by molar-refractivity contribution is -0.118. The van der Waals surface area contributed by atoms with Gasteiger partial charge in [0.2, 0.25) is 5.13 Å². The second kappa shape index (κ2) is 9.02. The van der Waals surface area contributed by atoms with Crippen LogP contribution in [0.1, 0.15) is 5.56 Å². The minimum Gasteiger partial charge on any atom is -0.484 e. The minimum absolute atomic E-state index is 0.121. The Labute approximate surface area is 174 Å². The van der Waals surface area contributed by atoms with Crippen LogP contribution in [0.25, 0.3) is 10.8 Å². The second-order valence-electron chi connectivity index (χ2n) is 6.14. The van der Waals surface area contributed by atoms with E-state index in [1.165, 1.54) is 35.2 Å². The summed E-state index contributed by atoms with van der Waals surface area (Å²) in [6.07, 6.45) is 0. The molecule has 1 heterocycles. The summed E-state index contributed by atoms with van der Waals surface area (Å²) in [6.45, 7) is -0.121. The first-order valence-corrected chi connectivity index (χ1v) is 10.6. The SMILES string of the molecule is O=C(COc1ccc2ccccc2c1)Nc1nnc(SCc2cccc(F)c2)s1. The average Bonchev–Trinajstić information content (AvgIpc) is 3.18. The molecule has 1 aromatic heterocycles. The zero-order chi connectivity index (χ0) is 20.1. The third kappa shape index (κ3) is 5.30. The fourth-order valence-corrected chi connectivity index (χ4v) is 4.36. The molecule has 0 aliphatic carbocycles. The molecule has 4 aromatic rings. The number of nitrogens with zero attached hydrogens (tertiary/aromatic N) is 2. The lowest BCUT2D eigenvalue weighted by Crippen LogP contribution is -2.20. The number of benzene rings is 3. The highest BCUT2D eigenvalue weighted by molar-refractivity contribution is 8.00. The molecule has 0 aliphatic rings. The summed E-state index contributed by atoms with van der Waals surface area (Å²) in [5, 5.41) is 13.3. The van der Waals surface area contributed by atoms with Crippen LogP contribution in [-0.4, -0.2) is 22.7 Å². The fourth-order valence-electron chi connectivity index (χ4n) is 2.65. The molecule has 0 bridgehead atoms. The van der Waals surface area contributed by atoms with Gasteiger partial charge in [-0.05, 0) is 40.6 Å². The highest BCUT2D eigenvalue weighted by Gasteiger charge is 2.10. The zero-order valence-electron chi connectivity index (χ0n) is 15.2. The third-order valence-electron chi connectivity index (χ3n) is 4.00. The number of carbonyl (C=O) groups is 1. The summed E-state index contributed by atoms with van der Waals surface area (Å²) in [5.41, 5.74) is 0.861. The van der Waals surface area contributed by atoms with Crippen molar-refractivity contribution < 1.29 is 13.9 Å². The summed E-state index contributed by atoms with van der Waals surface area (Å²) in [7, 11) is 0. The predicted molar refractivity (Wildman–Crippen MR) is 114 cm³/mol. The van der Waals surface area contributed by atoms with E-state index in [2.05, 4.69) is 15.5 Å². The standard InChI is InChI=1S/C21H16FN3O2S2/c22-17-7-3-4-14(10-17)13-28-21-25-24-20(29-21)23-19(26)12-27-18-9-8-15-5-1-2-6-16(15)11-18/h1-11H,12-13H2,(H,23,24,26). The van der Waals surface area contributed by atoms with E-state index < -0.39 is 0 Å². The van der Waals surface area contributed by atoms with Crippen LogP contribution in [0, 0.1) is 5.82 Å². The van der Waals surface area contributed by atoms with E-state index in [1.54, 1.807) is 6.07 Å². The van der Waals surface area contributed by atoms with Gasteiger partial charge in [0, 0.05) is 5.75 Å². The van der Waals surface area contributed by atoms with Gasteiger partial charge >= 0.3 is 0 Å². The van der Waals surface area contributed by atoms with Crippen molar-refractivity contribution in [3.8, 4) is 5.75 Å². The normalized spacial score (nSPS) is 10.8. The molecule has 1 amide bonds. The Morgan fingerprint density at radius 3 is 2.76 bits per heavy atom. The van der Waals surface area contributed by atoms with E-state index in [9.17, 15) is 9.18 Å². The van der Waals surface area contributed by atoms with Crippen molar-refractivity contribution in [1.29, 1.82) is 0 Å². The van der Waals surface area contributed by atoms with E-state index in [0.29, 0.717) is 21.0 Å². The lowest BCUT2D eigenvalue weighted by atomic mass is 10.1. The smallest absolute Gasteiger partial charge is 0.264 e. The molecule has 0 aliphatic heterocycles. The topological polar surface area (TPSA) is 64.1 Å². The van der Waals surface area contributed by atoms with E-state index in [0.717, 1.165) is 16.3 Å². The van der Waals surface area contributed by atoms with Crippen LogP contribution in [0.5, 0.6) is 5.75 Å². The number of hydrogen-bond donors (Lipinski definition) is 1. The second-order valence-corrected chi connectivity index (χ2v) is 8.34. The number of hydrogen-bond acceptors (Lipinski definition) is 6. The van der Waals surface area contributed by atoms with E-state index >= 15 is 0 Å². The van der Waals surface area contributed by atoms with Gasteiger partial charge in [-0.25, -0.2) is 4.39 Å². The first kappa shape index (κ1) is 19.4. The Morgan fingerprint density at radius 2 is 1.90 bits per heavy atom. The number of rotatable bonds is 7. The maximum Gasteiger partial charge on any atom is 0.264 e. The van der Waals surface area contributed by atoms with Crippen molar-refractivity contribution >= 4 is 44.9 Å². The molecule has 0 saturated heterocycles. The highest BCUT2D eigenvalue weighted by Crippen LogP contribution is 2.28. The molecule has 4 rings (SSSR count). The number of halogens is 1. The molecule has 5 nitrogen and oxygen atoms in total. The minimum atomic E-state index is -0.309. The number of ether oxygens (including phenoxy) is 1. The van der Waals surface area contributed by atoms with Crippen LogP contribution in [-0.2, 0) is 10.5 Å². The van der Waals surface area contributed by atoms with Gasteiger partial charge in [0.1, 0.15) is 11.6 Å². The van der Waals surface area contributed by atoms with Gasteiger partial charge in [0.25, 0.3) is 5.91 Å². The summed E-state index contributed by atoms with van der Waals surface area (Å²) >= 11 is 2.70. The number of nitrogens with one attached hydrogen (secondary N) is 1. The summed E-state index contributed by atoms with van der Waals surface area (Å²) in [4.78, 5) is 12.1. The third-order valence-corrected chi connectivity index (χ3v) is 6.04. The molecule has 0 atom stereocenters. The fraction of sp³-hybridized carbons (Fsp3) is 0.0952. The monoisotopic (exact) mass is 425 g/mol. The maximum atomic E-state index is 13.2. The first-order chi connectivity index (χ1) is 14.2. The number of anilines is 1. The van der Waals surface area contributed by atoms with Crippen molar-refractivity contribution in [2.45, 2.75) is 10.1 Å². The van der Waals surface area contributed by atoms with Gasteiger partial charge in [-0.1, -0.05) is 65.6 Å². The quantitative estimate of drug-likeness (QED) is 0.328. The Hall–Kier alpha value is -2.97. The Bertz CT molecular complexity index is 1150. The van der Waals surface area contributed by atoms with Crippen molar-refractivity contribution in [3.63, 3.8) is 0 Å². The Kier molecular flexibility index (Phi) is 6.02. The molecule has 0 unspecified atom stereocenters. The van der Waals surface area contributed by atoms with Crippen molar-refractivity contribution in [2.75, 3.05) is 11.9 Å². The summed E-state index contributed by atoms with van der Waals surface area (Å²) in [6, 6.07) is 20.1. The molecule has 29 heavy (non-hydrogen) atoms. The van der Waals surface area contributed by atoms with Crippen molar-refractivity contribution in [1.82, 2.24) is 10.2 Å². The molecule has 8 heteroatoms. The van der Waals surface area contributed by atoms with E-state index in [-0.39, 0.29) is 18.3 Å². The molecule has 0 spiro atoms. The molecule has 146 valence electrons. The number of carbonyl (C=O) groups excluding carboxylic acids is 1. The van der Waals surface area contributed by atoms with E-state index in [4.69, 9.17) is 4.74 Å². The molecular weight excluding hydrogens is 409 g/mol. The van der Waals surface area contributed by atoms with Crippen LogP contribution in [0.2, 0.25) is 0 Å². The highest BCUT2D eigenvalue weighted by atomic mass is 32.2. The van der Waals surface area contributed by atoms with Crippen LogP contribution in [0.4, 0.5) is 9.52 Å². The number of thioether (sulfide) groups is 1. The number of amides is 1. The van der Waals surface area contributed by atoms with Gasteiger partial charge in [0.15, 0.2) is 10.9 Å². The molecule has 0 saturated carbocycles. The summed E-state index contributed by atoms with van der Waals surface area (Å²) in [5.74, 6) is 0.629. The number of fused-ring (bicyclic) bond motifs is 1. The van der Waals surface area contributed by atoms with Gasteiger partial charge in [0.05, 0.1) is 0 Å². The van der Waals surface area contributed by atoms with Crippen molar-refractivity contribution in [2.24, 2.45) is 0 Å².